The largest absolute Gasteiger partial charge is 0.358 e. The van der Waals surface area contributed by atoms with Crippen LogP contribution in [0, 0.1) is 17.3 Å². The van der Waals surface area contributed by atoms with Crippen LogP contribution in [-0.2, 0) is 25.5 Å². The molecule has 0 radical (unpaired) electrons. The van der Waals surface area contributed by atoms with Gasteiger partial charge in [0.15, 0.2) is 12.5 Å². The van der Waals surface area contributed by atoms with Gasteiger partial charge in [-0.2, -0.15) is 0 Å². The minimum absolute atomic E-state index is 0.0176. The highest BCUT2D eigenvalue weighted by atomic mass is 19.2. The molecule has 7 rings (SSSR count). The van der Waals surface area contributed by atoms with Gasteiger partial charge in [0, 0.05) is 47.2 Å². The molecule has 3 heterocycles. The third kappa shape index (κ3) is 3.68. The Kier molecular flexibility index (Phi) is 5.93. The first kappa shape index (κ1) is 25.8. The number of hydrogen-bond acceptors (Lipinski definition) is 6. The van der Waals surface area contributed by atoms with Gasteiger partial charge in [-0.05, 0) is 74.1 Å². The zero-order valence-electron chi connectivity index (χ0n) is 23.6. The summed E-state index contributed by atoms with van der Waals surface area (Å²) in [5.41, 5.74) is 5.40. The predicted molar refractivity (Wildman–Crippen MR) is 147 cm³/mol. The molecule has 2 bridgehead atoms. The Morgan fingerprint density at radius 1 is 1.18 bits per heavy atom. The first-order valence-electron chi connectivity index (χ1n) is 14.5. The normalized spacial score (nSPS) is 39.0. The minimum Gasteiger partial charge on any atom is -0.358 e. The number of benzene rings is 1. The number of aromatic amines is 1. The van der Waals surface area contributed by atoms with Crippen LogP contribution < -0.4 is 0 Å². The lowest BCUT2D eigenvalue weighted by molar-refractivity contribution is -0.327. The maximum Gasteiger partial charge on any atom is 0.193 e. The maximum atomic E-state index is 14.6. The zero-order chi connectivity index (χ0) is 27.2. The lowest BCUT2D eigenvalue weighted by Crippen LogP contribution is -2.59. The third-order valence-corrected chi connectivity index (χ3v) is 10.2. The standard InChI is InChI=1S/C31H40FN3O4/c1-6-13-37-35(32)17-36-24-15-18-14-20-19-9-7-8-10-22(19)34-27(20)25(18)30(4)11-12-31-21(26(24)30)16-23(33-5)28(38-31)29(2,3)39-31/h7-10,16,18,24-26,28,34H,6,11-15,17H2,1-5H3/t18?,24-,25?,26?,28?,30?,31?/m0/s1. The van der Waals surface area contributed by atoms with E-state index in [2.05, 4.69) is 61.1 Å². The van der Waals surface area contributed by atoms with E-state index in [4.69, 9.17) is 19.0 Å². The summed E-state index contributed by atoms with van der Waals surface area (Å²) in [4.78, 5) is 13.6. The topological polar surface area (TPSA) is 68.3 Å². The number of H-pyrrole nitrogens is 1. The molecule has 2 aromatic rings. The molecule has 1 spiro atoms. The number of fused-ring (bicyclic) bond motifs is 9. The second-order valence-electron chi connectivity index (χ2n) is 12.9. The number of nitrogens with one attached hydrogen (secondary N) is 1. The average molecular weight is 538 g/mol. The highest BCUT2D eigenvalue weighted by Gasteiger charge is 2.68. The van der Waals surface area contributed by atoms with Crippen molar-refractivity contribution in [2.45, 2.75) is 89.3 Å². The van der Waals surface area contributed by atoms with E-state index >= 15 is 0 Å². The van der Waals surface area contributed by atoms with Crippen molar-refractivity contribution < 1.29 is 23.5 Å². The summed E-state index contributed by atoms with van der Waals surface area (Å²) in [5.74, 6) is -0.0540. The fourth-order valence-corrected chi connectivity index (χ4v) is 8.79. The summed E-state index contributed by atoms with van der Waals surface area (Å²) in [6, 6.07) is 8.62. The van der Waals surface area contributed by atoms with Crippen molar-refractivity contribution in [3.8, 4) is 0 Å². The second-order valence-corrected chi connectivity index (χ2v) is 12.9. The van der Waals surface area contributed by atoms with Crippen LogP contribution in [0.5, 0.6) is 0 Å². The first-order chi connectivity index (χ1) is 18.7. The Labute approximate surface area is 229 Å². The van der Waals surface area contributed by atoms with Gasteiger partial charge >= 0.3 is 0 Å². The van der Waals surface area contributed by atoms with Crippen molar-refractivity contribution in [3.63, 3.8) is 0 Å². The number of hydroxylamine groups is 1. The second kappa shape index (κ2) is 8.95. The molecule has 3 aliphatic carbocycles. The third-order valence-electron chi connectivity index (χ3n) is 10.2. The summed E-state index contributed by atoms with van der Waals surface area (Å²) in [7, 11) is 1.82. The van der Waals surface area contributed by atoms with E-state index in [1.54, 1.807) is 0 Å². The molecule has 8 heteroatoms. The number of aliphatic imine (C=N–C) groups is 1. The monoisotopic (exact) mass is 537 g/mol. The average Bonchev–Trinajstić information content (AvgIpc) is 3.52. The van der Waals surface area contributed by atoms with E-state index in [0.717, 1.165) is 43.4 Å². The van der Waals surface area contributed by atoms with Crippen LogP contribution in [-0.4, -0.2) is 60.0 Å². The summed E-state index contributed by atoms with van der Waals surface area (Å²) < 4.78 is 34.6. The molecule has 1 N–H and O–H groups in total. The van der Waals surface area contributed by atoms with Gasteiger partial charge in [-0.25, -0.2) is 0 Å². The molecule has 1 aromatic carbocycles. The SMILES string of the molecule is CCCON(F)CO[C@H]1CC2Cc3c([nH]c4ccccc34)C2C2(C)CCC34OC(C(=NC)C=C3C12)C(C)(C)O4. The Balaban J connectivity index is 1.32. The fraction of sp³-hybridized carbons (Fsp3) is 0.645. The Morgan fingerprint density at radius 2 is 2.00 bits per heavy atom. The van der Waals surface area contributed by atoms with Gasteiger partial charge in [0.05, 0.1) is 24.0 Å². The number of rotatable bonds is 6. The molecule has 3 fully saturated rings. The van der Waals surface area contributed by atoms with Crippen molar-refractivity contribution in [3.05, 3.63) is 47.2 Å². The zero-order valence-corrected chi connectivity index (χ0v) is 23.6. The molecule has 210 valence electrons. The van der Waals surface area contributed by atoms with Crippen molar-refractivity contribution in [1.29, 1.82) is 0 Å². The number of para-hydroxylation sites is 1. The van der Waals surface area contributed by atoms with Crippen LogP contribution in [0.15, 0.2) is 40.9 Å². The lowest BCUT2D eigenvalue weighted by atomic mass is 9.49. The van der Waals surface area contributed by atoms with Gasteiger partial charge < -0.3 is 19.2 Å². The summed E-state index contributed by atoms with van der Waals surface area (Å²) in [6.45, 7) is 8.64. The molecule has 2 aliphatic heterocycles. The first-order valence-corrected chi connectivity index (χ1v) is 14.5. The molecule has 7 atom stereocenters. The molecule has 6 unspecified atom stereocenters. The van der Waals surface area contributed by atoms with Gasteiger partial charge in [-0.15, -0.1) is 4.48 Å². The molecule has 1 aromatic heterocycles. The van der Waals surface area contributed by atoms with Gasteiger partial charge in [0.25, 0.3) is 0 Å². The van der Waals surface area contributed by atoms with Gasteiger partial charge in [-0.1, -0.05) is 32.0 Å². The molecular formula is C31H40FN3O4. The molecular weight excluding hydrogens is 497 g/mol. The minimum atomic E-state index is -0.795. The Hall–Kier alpha value is -2.10. The van der Waals surface area contributed by atoms with E-state index in [-0.39, 0.29) is 30.3 Å². The molecule has 1 saturated heterocycles. The van der Waals surface area contributed by atoms with Crippen molar-refractivity contribution in [2.75, 3.05) is 20.4 Å². The van der Waals surface area contributed by atoms with Gasteiger partial charge in [-0.3, -0.25) is 9.83 Å². The van der Waals surface area contributed by atoms with Crippen LogP contribution in [0.3, 0.4) is 0 Å². The van der Waals surface area contributed by atoms with E-state index < -0.39 is 11.4 Å². The van der Waals surface area contributed by atoms with Crippen LogP contribution in [0.25, 0.3) is 10.9 Å². The Bertz CT molecular complexity index is 1350. The number of halogens is 1. The van der Waals surface area contributed by atoms with Crippen molar-refractivity contribution >= 4 is 16.6 Å². The van der Waals surface area contributed by atoms with Gasteiger partial charge in [0.1, 0.15) is 6.10 Å². The predicted octanol–water partition coefficient (Wildman–Crippen LogP) is 6.02. The van der Waals surface area contributed by atoms with Crippen LogP contribution in [0.1, 0.15) is 70.6 Å². The summed E-state index contributed by atoms with van der Waals surface area (Å²) in [5, 5.41) is 1.66. The van der Waals surface area contributed by atoms with E-state index in [0.29, 0.717) is 23.7 Å². The number of hydrogen-bond donors (Lipinski definition) is 1. The highest BCUT2D eigenvalue weighted by Crippen LogP contribution is 2.68. The fourth-order valence-electron chi connectivity index (χ4n) is 8.79. The number of ether oxygens (including phenoxy) is 3. The van der Waals surface area contributed by atoms with Gasteiger partial charge in [0.2, 0.25) is 0 Å². The van der Waals surface area contributed by atoms with Crippen LogP contribution in [0.2, 0.25) is 0 Å². The van der Waals surface area contributed by atoms with E-state index in [1.807, 2.05) is 14.0 Å². The summed E-state index contributed by atoms with van der Waals surface area (Å²) >= 11 is 0. The quantitative estimate of drug-likeness (QED) is 0.277. The smallest absolute Gasteiger partial charge is 0.193 e. The van der Waals surface area contributed by atoms with Crippen molar-refractivity contribution in [2.24, 2.45) is 22.2 Å². The van der Waals surface area contributed by atoms with E-state index in [9.17, 15) is 4.48 Å². The van der Waals surface area contributed by atoms with Crippen LogP contribution in [0.4, 0.5) is 4.48 Å². The highest BCUT2D eigenvalue weighted by molar-refractivity contribution is 6.01. The number of aromatic nitrogens is 1. The molecule has 2 saturated carbocycles. The lowest BCUT2D eigenvalue weighted by Gasteiger charge is -2.59. The molecule has 7 nitrogen and oxygen atoms in total. The van der Waals surface area contributed by atoms with Crippen LogP contribution >= 0.6 is 0 Å². The van der Waals surface area contributed by atoms with Crippen molar-refractivity contribution in [1.82, 2.24) is 10.3 Å². The molecule has 39 heavy (non-hydrogen) atoms. The maximum absolute atomic E-state index is 14.6. The summed E-state index contributed by atoms with van der Waals surface area (Å²) in [6.07, 6.45) is 6.10. The number of nitrogens with zero attached hydrogens (tertiary/aromatic N) is 2. The Morgan fingerprint density at radius 3 is 2.79 bits per heavy atom. The molecule has 0 amide bonds. The van der Waals surface area contributed by atoms with E-state index in [1.165, 1.54) is 22.2 Å². The molecule has 5 aliphatic rings.